The predicted octanol–water partition coefficient (Wildman–Crippen LogP) is 1.53. The Kier molecular flexibility index (Phi) is 2.88. The summed E-state index contributed by atoms with van der Waals surface area (Å²) < 4.78 is 0. The minimum absolute atomic E-state index is 0.188. The largest absolute Gasteiger partial charge is 0.369 e. The molecule has 0 fully saturated rings. The standard InChI is InChI=1S/C12H11N5OS/c13-12-16-8-3-1-2-7(10(8)17-12)11(18)15-6-9-14-4-5-19-9/h1-5H,6H2,(H,15,18)(H3,13,16,17). The van der Waals surface area contributed by atoms with Gasteiger partial charge in [-0.1, -0.05) is 6.07 Å². The van der Waals surface area contributed by atoms with E-state index in [0.717, 1.165) is 10.5 Å². The quantitative estimate of drug-likeness (QED) is 0.674. The van der Waals surface area contributed by atoms with Crippen LogP contribution in [0.15, 0.2) is 29.8 Å². The fourth-order valence-electron chi connectivity index (χ4n) is 1.83. The highest BCUT2D eigenvalue weighted by Crippen LogP contribution is 2.17. The summed E-state index contributed by atoms with van der Waals surface area (Å²) >= 11 is 1.50. The van der Waals surface area contributed by atoms with Gasteiger partial charge in [-0.3, -0.25) is 4.79 Å². The summed E-state index contributed by atoms with van der Waals surface area (Å²) in [5.74, 6) is 0.113. The molecule has 7 heteroatoms. The number of nitrogens with two attached hydrogens (primary N) is 1. The molecule has 0 saturated heterocycles. The number of carbonyl (C=O) groups is 1. The maximum absolute atomic E-state index is 12.1. The summed E-state index contributed by atoms with van der Waals surface area (Å²) in [6.45, 7) is 0.410. The molecule has 4 N–H and O–H groups in total. The number of nitrogens with one attached hydrogen (secondary N) is 2. The van der Waals surface area contributed by atoms with Crippen LogP contribution in [0.3, 0.4) is 0 Å². The lowest BCUT2D eigenvalue weighted by Gasteiger charge is -2.03. The van der Waals surface area contributed by atoms with Crippen LogP contribution in [-0.4, -0.2) is 20.9 Å². The third kappa shape index (κ3) is 2.27. The van der Waals surface area contributed by atoms with Crippen molar-refractivity contribution in [1.29, 1.82) is 0 Å². The molecular formula is C12H11N5OS. The van der Waals surface area contributed by atoms with Gasteiger partial charge in [0.05, 0.1) is 17.6 Å². The van der Waals surface area contributed by atoms with Crippen LogP contribution in [0.1, 0.15) is 15.4 Å². The number of carbonyl (C=O) groups excluding carboxylic acids is 1. The lowest BCUT2D eigenvalue weighted by molar-refractivity contribution is 0.0952. The first kappa shape index (κ1) is 11.7. The fourth-order valence-corrected chi connectivity index (χ4v) is 2.38. The lowest BCUT2D eigenvalue weighted by Crippen LogP contribution is -2.22. The Morgan fingerprint density at radius 3 is 3.16 bits per heavy atom. The van der Waals surface area contributed by atoms with Gasteiger partial charge in [-0.15, -0.1) is 11.3 Å². The van der Waals surface area contributed by atoms with Gasteiger partial charge in [-0.2, -0.15) is 0 Å². The van der Waals surface area contributed by atoms with E-state index < -0.39 is 0 Å². The van der Waals surface area contributed by atoms with Crippen molar-refractivity contribution in [3.8, 4) is 0 Å². The summed E-state index contributed by atoms with van der Waals surface area (Å²) in [7, 11) is 0. The molecule has 2 heterocycles. The van der Waals surface area contributed by atoms with Crippen molar-refractivity contribution in [1.82, 2.24) is 20.3 Å². The van der Waals surface area contributed by atoms with Crippen LogP contribution in [-0.2, 0) is 6.54 Å². The number of aromatic amines is 1. The number of rotatable bonds is 3. The molecule has 19 heavy (non-hydrogen) atoms. The second-order valence-corrected chi connectivity index (χ2v) is 4.91. The summed E-state index contributed by atoms with van der Waals surface area (Å²) in [6, 6.07) is 5.34. The second-order valence-electron chi connectivity index (χ2n) is 3.93. The minimum atomic E-state index is -0.188. The molecule has 0 atom stereocenters. The number of anilines is 1. The van der Waals surface area contributed by atoms with E-state index in [0.29, 0.717) is 23.6 Å². The third-order valence-electron chi connectivity index (χ3n) is 2.66. The molecule has 0 aliphatic rings. The van der Waals surface area contributed by atoms with Gasteiger partial charge < -0.3 is 16.0 Å². The van der Waals surface area contributed by atoms with E-state index in [2.05, 4.69) is 20.3 Å². The van der Waals surface area contributed by atoms with Crippen LogP contribution in [0.2, 0.25) is 0 Å². The Hall–Kier alpha value is -2.41. The average Bonchev–Trinajstić information content (AvgIpc) is 3.02. The van der Waals surface area contributed by atoms with E-state index >= 15 is 0 Å². The molecule has 0 unspecified atom stereocenters. The zero-order chi connectivity index (χ0) is 13.2. The highest BCUT2D eigenvalue weighted by Gasteiger charge is 2.12. The molecule has 0 spiro atoms. The zero-order valence-electron chi connectivity index (χ0n) is 9.88. The number of hydrogen-bond acceptors (Lipinski definition) is 5. The van der Waals surface area contributed by atoms with Gasteiger partial charge in [0.15, 0.2) is 5.95 Å². The zero-order valence-corrected chi connectivity index (χ0v) is 10.7. The van der Waals surface area contributed by atoms with Gasteiger partial charge in [-0.25, -0.2) is 9.97 Å². The number of nitrogens with zero attached hydrogens (tertiary/aromatic N) is 2. The average molecular weight is 273 g/mol. The molecule has 6 nitrogen and oxygen atoms in total. The van der Waals surface area contributed by atoms with Crippen molar-refractivity contribution in [3.63, 3.8) is 0 Å². The van der Waals surface area contributed by atoms with E-state index in [1.807, 2.05) is 11.4 Å². The van der Waals surface area contributed by atoms with Crippen LogP contribution < -0.4 is 11.1 Å². The first-order valence-corrected chi connectivity index (χ1v) is 6.53. The molecule has 0 aliphatic carbocycles. The van der Waals surface area contributed by atoms with Crippen molar-refractivity contribution in [3.05, 3.63) is 40.3 Å². The number of H-pyrrole nitrogens is 1. The lowest BCUT2D eigenvalue weighted by atomic mass is 10.1. The van der Waals surface area contributed by atoms with E-state index in [1.165, 1.54) is 11.3 Å². The Labute approximate surface area is 112 Å². The van der Waals surface area contributed by atoms with Crippen molar-refractivity contribution in [2.24, 2.45) is 0 Å². The SMILES string of the molecule is Nc1nc2c(C(=O)NCc3nccs3)cccc2[nH]1. The van der Waals surface area contributed by atoms with E-state index in [4.69, 9.17) is 5.73 Å². The predicted molar refractivity (Wildman–Crippen MR) is 73.8 cm³/mol. The maximum atomic E-state index is 12.1. The number of benzene rings is 1. The Morgan fingerprint density at radius 2 is 2.37 bits per heavy atom. The summed E-state index contributed by atoms with van der Waals surface area (Å²) in [5.41, 5.74) is 7.44. The summed E-state index contributed by atoms with van der Waals surface area (Å²) in [5, 5.41) is 5.55. The second kappa shape index (κ2) is 4.69. The highest BCUT2D eigenvalue weighted by atomic mass is 32.1. The number of hydrogen-bond donors (Lipinski definition) is 3. The minimum Gasteiger partial charge on any atom is -0.369 e. The van der Waals surface area contributed by atoms with Crippen LogP contribution in [0.4, 0.5) is 5.95 Å². The number of amides is 1. The molecule has 2 aromatic heterocycles. The smallest absolute Gasteiger partial charge is 0.253 e. The van der Waals surface area contributed by atoms with E-state index in [9.17, 15) is 4.79 Å². The molecule has 1 aromatic carbocycles. The number of imidazole rings is 1. The van der Waals surface area contributed by atoms with Crippen molar-refractivity contribution in [2.75, 3.05) is 5.73 Å². The number of para-hydroxylation sites is 1. The van der Waals surface area contributed by atoms with Gasteiger partial charge >= 0.3 is 0 Å². The topological polar surface area (TPSA) is 96.7 Å². The Morgan fingerprint density at radius 1 is 1.47 bits per heavy atom. The van der Waals surface area contributed by atoms with Gasteiger partial charge in [0.25, 0.3) is 5.91 Å². The molecule has 96 valence electrons. The maximum Gasteiger partial charge on any atom is 0.253 e. The van der Waals surface area contributed by atoms with E-state index in [1.54, 1.807) is 18.3 Å². The first-order valence-electron chi connectivity index (χ1n) is 5.65. The summed E-state index contributed by atoms with van der Waals surface area (Å²) in [6.07, 6.45) is 1.71. The van der Waals surface area contributed by atoms with Gasteiger partial charge in [0, 0.05) is 11.6 Å². The molecule has 0 saturated carbocycles. The highest BCUT2D eigenvalue weighted by molar-refractivity contribution is 7.09. The molecule has 0 radical (unpaired) electrons. The molecule has 1 amide bonds. The number of aromatic nitrogens is 3. The Balaban J connectivity index is 1.85. The molecule has 0 bridgehead atoms. The molecular weight excluding hydrogens is 262 g/mol. The summed E-state index contributed by atoms with van der Waals surface area (Å²) in [4.78, 5) is 23.3. The third-order valence-corrected chi connectivity index (χ3v) is 3.44. The molecule has 3 rings (SSSR count). The van der Waals surface area contributed by atoms with Crippen molar-refractivity contribution < 1.29 is 4.79 Å². The van der Waals surface area contributed by atoms with E-state index in [-0.39, 0.29) is 5.91 Å². The monoisotopic (exact) mass is 273 g/mol. The van der Waals surface area contributed by atoms with Crippen LogP contribution >= 0.6 is 11.3 Å². The molecule has 3 aromatic rings. The van der Waals surface area contributed by atoms with Crippen LogP contribution in [0, 0.1) is 0 Å². The number of fused-ring (bicyclic) bond motifs is 1. The van der Waals surface area contributed by atoms with Crippen molar-refractivity contribution >= 4 is 34.2 Å². The number of thiazole rings is 1. The van der Waals surface area contributed by atoms with Gasteiger partial charge in [0.2, 0.25) is 0 Å². The van der Waals surface area contributed by atoms with Gasteiger partial charge in [-0.05, 0) is 12.1 Å². The normalized spacial score (nSPS) is 10.7. The Bertz CT molecular complexity index is 719. The number of nitrogen functional groups attached to an aromatic ring is 1. The van der Waals surface area contributed by atoms with Crippen LogP contribution in [0.5, 0.6) is 0 Å². The van der Waals surface area contributed by atoms with Crippen molar-refractivity contribution in [2.45, 2.75) is 6.54 Å². The van der Waals surface area contributed by atoms with Crippen LogP contribution in [0.25, 0.3) is 11.0 Å². The molecule has 0 aliphatic heterocycles. The fraction of sp³-hybridized carbons (Fsp3) is 0.0833. The van der Waals surface area contributed by atoms with Gasteiger partial charge in [0.1, 0.15) is 10.5 Å². The first-order chi connectivity index (χ1) is 9.24.